The monoisotopic (exact) mass is 668 g/mol. The predicted molar refractivity (Wildman–Crippen MR) is 185 cm³/mol. The first-order chi connectivity index (χ1) is 23.1. The van der Waals surface area contributed by atoms with Crippen molar-refractivity contribution < 1.29 is 22.9 Å². The molecular formula is C37H40N4O6S. The Balaban J connectivity index is 1.57. The first kappa shape index (κ1) is 34.3. The maximum absolute atomic E-state index is 14.6. The Kier molecular flexibility index (Phi) is 11.2. The minimum absolute atomic E-state index is 0.00416. The van der Waals surface area contributed by atoms with Gasteiger partial charge in [-0.3, -0.25) is 24.0 Å². The molecular weight excluding hydrogens is 628 g/mol. The Morgan fingerprint density at radius 3 is 2.10 bits per heavy atom. The maximum Gasteiger partial charge on any atom is 0.269 e. The second kappa shape index (κ2) is 15.7. The number of benzene rings is 4. The lowest BCUT2D eigenvalue weighted by atomic mass is 9.94. The van der Waals surface area contributed by atoms with Gasteiger partial charge in [0.05, 0.1) is 15.5 Å². The molecule has 4 aromatic rings. The fourth-order valence-corrected chi connectivity index (χ4v) is 7.53. The van der Waals surface area contributed by atoms with Crippen LogP contribution in [0.4, 0.5) is 11.4 Å². The average Bonchev–Trinajstić information content (AvgIpc) is 3.10. The zero-order valence-electron chi connectivity index (χ0n) is 26.9. The third-order valence-corrected chi connectivity index (χ3v) is 10.4. The smallest absolute Gasteiger partial charge is 0.269 e. The highest BCUT2D eigenvalue weighted by atomic mass is 32.2. The highest BCUT2D eigenvalue weighted by molar-refractivity contribution is 7.92. The number of amides is 2. The minimum atomic E-state index is -4.31. The van der Waals surface area contributed by atoms with E-state index in [-0.39, 0.29) is 41.2 Å². The average molecular weight is 669 g/mol. The largest absolute Gasteiger partial charge is 0.352 e. The summed E-state index contributed by atoms with van der Waals surface area (Å²) < 4.78 is 29.2. The number of nitrogens with zero attached hydrogens (tertiary/aromatic N) is 3. The zero-order chi connectivity index (χ0) is 34.1. The molecule has 0 aromatic heterocycles. The number of carbonyl (C=O) groups is 2. The molecule has 0 unspecified atom stereocenters. The Morgan fingerprint density at radius 1 is 0.854 bits per heavy atom. The van der Waals surface area contributed by atoms with Crippen LogP contribution in [0.1, 0.15) is 48.8 Å². The van der Waals surface area contributed by atoms with Gasteiger partial charge in [0.25, 0.3) is 15.7 Å². The maximum atomic E-state index is 14.6. The molecule has 1 atom stereocenters. The lowest BCUT2D eigenvalue weighted by Crippen LogP contribution is -2.55. The lowest BCUT2D eigenvalue weighted by molar-refractivity contribution is -0.384. The molecule has 5 rings (SSSR count). The van der Waals surface area contributed by atoms with Crippen LogP contribution in [-0.4, -0.2) is 48.7 Å². The van der Waals surface area contributed by atoms with Crippen LogP contribution in [0.5, 0.6) is 0 Å². The van der Waals surface area contributed by atoms with E-state index in [1.165, 1.54) is 41.3 Å². The first-order valence-electron chi connectivity index (χ1n) is 16.1. The predicted octanol–water partition coefficient (Wildman–Crippen LogP) is 6.19. The third-order valence-electron chi connectivity index (χ3n) is 8.62. The van der Waals surface area contributed by atoms with E-state index in [0.29, 0.717) is 0 Å². The normalized spacial score (nSPS) is 14.1. The highest BCUT2D eigenvalue weighted by Crippen LogP contribution is 2.27. The van der Waals surface area contributed by atoms with Crippen molar-refractivity contribution in [3.05, 3.63) is 136 Å². The Labute approximate surface area is 281 Å². The standard InChI is InChI=1S/C37H40N4O6S/c1-28-12-11-15-30(24-28)26-39(35(25-29-13-5-2-6-14-29)37(43)38-31-16-7-3-8-17-31)36(42)27-40(32-20-22-33(23-21-32)41(44)45)48(46,47)34-18-9-4-10-19-34/h2,4-6,9-15,18-24,31,35H,3,7-8,16-17,25-27H2,1H3,(H,38,43)/t35-/m0/s1. The van der Waals surface area contributed by atoms with Crippen LogP contribution in [0.2, 0.25) is 0 Å². The van der Waals surface area contributed by atoms with E-state index in [1.54, 1.807) is 18.2 Å². The van der Waals surface area contributed by atoms with Crippen molar-refractivity contribution in [2.45, 2.75) is 69.0 Å². The number of aryl methyl sites for hydroxylation is 1. The molecule has 1 aliphatic rings. The molecule has 1 saturated carbocycles. The van der Waals surface area contributed by atoms with Crippen LogP contribution in [-0.2, 0) is 32.6 Å². The highest BCUT2D eigenvalue weighted by Gasteiger charge is 2.35. The Bertz CT molecular complexity index is 1810. The number of non-ortho nitro benzene ring substituents is 1. The molecule has 1 N–H and O–H groups in total. The summed E-state index contributed by atoms with van der Waals surface area (Å²) in [5, 5.41) is 14.6. The van der Waals surface area contributed by atoms with Crippen molar-refractivity contribution in [1.29, 1.82) is 0 Å². The van der Waals surface area contributed by atoms with Crippen molar-refractivity contribution in [3.8, 4) is 0 Å². The van der Waals surface area contributed by atoms with Gasteiger partial charge >= 0.3 is 0 Å². The summed E-state index contributed by atoms with van der Waals surface area (Å²) in [4.78, 5) is 41.0. The molecule has 48 heavy (non-hydrogen) atoms. The van der Waals surface area contributed by atoms with E-state index in [1.807, 2.05) is 61.5 Å². The molecule has 0 bridgehead atoms. The number of sulfonamides is 1. The van der Waals surface area contributed by atoms with Gasteiger partial charge in [-0.1, -0.05) is 97.6 Å². The van der Waals surface area contributed by atoms with Crippen molar-refractivity contribution in [3.63, 3.8) is 0 Å². The van der Waals surface area contributed by atoms with Crippen molar-refractivity contribution in [1.82, 2.24) is 10.2 Å². The molecule has 1 aliphatic carbocycles. The molecule has 0 heterocycles. The van der Waals surface area contributed by atoms with Gasteiger partial charge in [0, 0.05) is 31.1 Å². The van der Waals surface area contributed by atoms with Gasteiger partial charge in [0.1, 0.15) is 12.6 Å². The van der Waals surface area contributed by atoms with Gasteiger partial charge in [-0.25, -0.2) is 8.42 Å². The van der Waals surface area contributed by atoms with Crippen LogP contribution in [0, 0.1) is 17.0 Å². The molecule has 11 heteroatoms. The molecule has 0 radical (unpaired) electrons. The molecule has 2 amide bonds. The lowest BCUT2D eigenvalue weighted by Gasteiger charge is -2.35. The van der Waals surface area contributed by atoms with Crippen LogP contribution in [0.15, 0.2) is 114 Å². The van der Waals surface area contributed by atoms with Crippen molar-refractivity contribution in [2.75, 3.05) is 10.8 Å². The SMILES string of the molecule is Cc1cccc(CN(C(=O)CN(c2ccc([N+](=O)[O-])cc2)S(=O)(=O)c2ccccc2)[C@@H](Cc2ccccc2)C(=O)NC2CCCCC2)c1. The number of rotatable bonds is 13. The van der Waals surface area contributed by atoms with Crippen LogP contribution < -0.4 is 9.62 Å². The van der Waals surface area contributed by atoms with Gasteiger partial charge in [0.2, 0.25) is 11.8 Å². The molecule has 0 spiro atoms. The van der Waals surface area contributed by atoms with Gasteiger partial charge in [-0.05, 0) is 55.2 Å². The summed E-state index contributed by atoms with van der Waals surface area (Å²) in [5.41, 5.74) is 2.49. The van der Waals surface area contributed by atoms with Gasteiger partial charge in [-0.2, -0.15) is 0 Å². The van der Waals surface area contributed by atoms with E-state index < -0.39 is 33.4 Å². The fourth-order valence-electron chi connectivity index (χ4n) is 6.09. The summed E-state index contributed by atoms with van der Waals surface area (Å²) >= 11 is 0. The Hall–Kier alpha value is -5.03. The molecule has 250 valence electrons. The van der Waals surface area contributed by atoms with Crippen LogP contribution in [0.25, 0.3) is 0 Å². The summed E-state index contributed by atoms with van der Waals surface area (Å²) in [7, 11) is -4.31. The number of hydrogen-bond acceptors (Lipinski definition) is 6. The summed E-state index contributed by atoms with van der Waals surface area (Å²) in [5.74, 6) is -0.881. The fraction of sp³-hybridized carbons (Fsp3) is 0.297. The number of anilines is 1. The van der Waals surface area contributed by atoms with Gasteiger partial charge in [0.15, 0.2) is 0 Å². The van der Waals surface area contributed by atoms with Crippen LogP contribution in [0.3, 0.4) is 0 Å². The Morgan fingerprint density at radius 2 is 1.48 bits per heavy atom. The third kappa shape index (κ3) is 8.65. The quantitative estimate of drug-likeness (QED) is 0.134. The number of nitro groups is 1. The summed E-state index contributed by atoms with van der Waals surface area (Å²) in [6.07, 6.45) is 5.09. The first-order valence-corrected chi connectivity index (χ1v) is 17.6. The molecule has 0 aliphatic heterocycles. The van der Waals surface area contributed by atoms with E-state index in [0.717, 1.165) is 53.1 Å². The number of nitrogens with one attached hydrogen (secondary N) is 1. The van der Waals surface area contributed by atoms with E-state index in [4.69, 9.17) is 0 Å². The van der Waals surface area contributed by atoms with Crippen LogP contribution >= 0.6 is 0 Å². The number of nitro benzene ring substituents is 1. The number of hydrogen-bond donors (Lipinski definition) is 1. The van der Waals surface area contributed by atoms with Gasteiger partial charge < -0.3 is 10.2 Å². The minimum Gasteiger partial charge on any atom is -0.352 e. The molecule has 0 saturated heterocycles. The summed E-state index contributed by atoms with van der Waals surface area (Å²) in [6.45, 7) is 1.37. The van der Waals surface area contributed by atoms with E-state index in [9.17, 15) is 28.1 Å². The molecule has 1 fully saturated rings. The van der Waals surface area contributed by atoms with E-state index in [2.05, 4.69) is 5.32 Å². The number of carbonyl (C=O) groups excluding carboxylic acids is 2. The van der Waals surface area contributed by atoms with Crippen molar-refractivity contribution in [2.24, 2.45) is 0 Å². The summed E-state index contributed by atoms with van der Waals surface area (Å²) in [6, 6.07) is 28.9. The van der Waals surface area contributed by atoms with E-state index >= 15 is 0 Å². The zero-order valence-corrected chi connectivity index (χ0v) is 27.7. The second-order valence-corrected chi connectivity index (χ2v) is 14.0. The van der Waals surface area contributed by atoms with Gasteiger partial charge in [-0.15, -0.1) is 0 Å². The topological polar surface area (TPSA) is 130 Å². The van der Waals surface area contributed by atoms with Crippen molar-refractivity contribution >= 4 is 33.2 Å². The second-order valence-electron chi connectivity index (χ2n) is 12.2. The molecule has 10 nitrogen and oxygen atoms in total. The molecule has 4 aromatic carbocycles.